The summed E-state index contributed by atoms with van der Waals surface area (Å²) in [5.74, 6) is -0.634. The molecule has 0 bridgehead atoms. The number of rotatable bonds is 6. The molecule has 1 fully saturated rings. The molecule has 5 N–H and O–H groups in total. The minimum Gasteiger partial charge on any atom is -0.394 e. The summed E-state index contributed by atoms with van der Waals surface area (Å²) in [5, 5.41) is 48.6. The van der Waals surface area contributed by atoms with Crippen LogP contribution in [0.2, 0.25) is 0 Å². The predicted octanol–water partition coefficient (Wildman–Crippen LogP) is -2.01. The largest absolute Gasteiger partial charge is 0.394 e. The second-order valence-corrected chi connectivity index (χ2v) is 5.44. The van der Waals surface area contributed by atoms with Crippen molar-refractivity contribution < 1.29 is 39.7 Å². The Morgan fingerprint density at radius 2 is 1.84 bits per heavy atom. The number of aliphatic hydroxyl groups excluding tert-OH is 4. The lowest BCUT2D eigenvalue weighted by Crippen LogP contribution is -2.60. The van der Waals surface area contributed by atoms with Gasteiger partial charge in [0.2, 0.25) is 12.2 Å². The van der Waals surface area contributed by atoms with Crippen LogP contribution in [0.3, 0.4) is 0 Å². The third kappa shape index (κ3) is 4.69. The van der Waals surface area contributed by atoms with Crippen molar-refractivity contribution in [2.24, 2.45) is 0 Å². The van der Waals surface area contributed by atoms with E-state index < -0.39 is 48.1 Å². The standard InChI is InChI=1S/C14H18N2O9/c17-6-9-11(19)12(20)13(21)14(24-9)25-15-10(18)5-7-1-3-8(4-2-7)16(22)23/h1-4,9,11-14,17,19-21H,5-6H2,(H,15,18)/t9-,11+,12+,13-,14?/m1/s1. The van der Waals surface area contributed by atoms with E-state index in [4.69, 9.17) is 14.7 Å². The van der Waals surface area contributed by atoms with Gasteiger partial charge in [-0.05, 0) is 5.56 Å². The molecular weight excluding hydrogens is 340 g/mol. The van der Waals surface area contributed by atoms with Gasteiger partial charge < -0.3 is 25.2 Å². The number of nitrogens with zero attached hydrogens (tertiary/aromatic N) is 1. The molecule has 11 heteroatoms. The van der Waals surface area contributed by atoms with Crippen molar-refractivity contribution in [3.05, 3.63) is 39.9 Å². The first-order valence-electron chi connectivity index (χ1n) is 7.31. The molecule has 2 rings (SSSR count). The normalized spacial score (nSPS) is 29.2. The van der Waals surface area contributed by atoms with Crippen LogP contribution in [0.5, 0.6) is 0 Å². The number of benzene rings is 1. The number of nitrogens with one attached hydrogen (secondary N) is 1. The van der Waals surface area contributed by atoms with Crippen molar-refractivity contribution in [2.45, 2.75) is 37.1 Å². The van der Waals surface area contributed by atoms with E-state index in [1.165, 1.54) is 24.3 Å². The Bertz CT molecular complexity index is 607. The van der Waals surface area contributed by atoms with Crippen LogP contribution in [0.4, 0.5) is 5.69 Å². The van der Waals surface area contributed by atoms with E-state index in [0.717, 1.165) is 0 Å². The second kappa shape index (κ2) is 8.29. The zero-order valence-electron chi connectivity index (χ0n) is 12.9. The molecule has 0 radical (unpaired) electrons. The number of ether oxygens (including phenoxy) is 1. The minimum absolute atomic E-state index is 0.110. The summed E-state index contributed by atoms with van der Waals surface area (Å²) in [5.41, 5.74) is 2.39. The number of nitro benzene ring substituents is 1. The van der Waals surface area contributed by atoms with E-state index in [1.807, 2.05) is 5.48 Å². The predicted molar refractivity (Wildman–Crippen MR) is 79.8 cm³/mol. The Labute approximate surface area is 141 Å². The Hall–Kier alpha value is -2.15. The number of nitro groups is 1. The Balaban J connectivity index is 1.87. The van der Waals surface area contributed by atoms with Crippen LogP contribution in [0.15, 0.2) is 24.3 Å². The van der Waals surface area contributed by atoms with Gasteiger partial charge in [-0.25, -0.2) is 10.3 Å². The average Bonchev–Trinajstić information content (AvgIpc) is 2.59. The fourth-order valence-corrected chi connectivity index (χ4v) is 2.25. The summed E-state index contributed by atoms with van der Waals surface area (Å²) < 4.78 is 5.05. The van der Waals surface area contributed by atoms with Crippen molar-refractivity contribution in [3.8, 4) is 0 Å². The van der Waals surface area contributed by atoms with Gasteiger partial charge in [0.15, 0.2) is 0 Å². The molecule has 1 aliphatic rings. The third-order valence-corrected chi connectivity index (χ3v) is 3.65. The number of hydrogen-bond donors (Lipinski definition) is 5. The number of non-ortho nitro benzene ring substituents is 1. The fraction of sp³-hybridized carbons (Fsp3) is 0.500. The van der Waals surface area contributed by atoms with Crippen LogP contribution in [0.25, 0.3) is 0 Å². The molecule has 1 unspecified atom stereocenters. The second-order valence-electron chi connectivity index (χ2n) is 5.44. The van der Waals surface area contributed by atoms with Gasteiger partial charge in [0, 0.05) is 12.1 Å². The Kier molecular flexibility index (Phi) is 6.36. The topological polar surface area (TPSA) is 172 Å². The van der Waals surface area contributed by atoms with E-state index in [-0.39, 0.29) is 12.1 Å². The number of amides is 1. The molecule has 1 aromatic carbocycles. The summed E-state index contributed by atoms with van der Waals surface area (Å²) in [6.45, 7) is -0.623. The van der Waals surface area contributed by atoms with Crippen molar-refractivity contribution in [1.82, 2.24) is 5.48 Å². The minimum atomic E-state index is -1.64. The highest BCUT2D eigenvalue weighted by atomic mass is 16.8. The van der Waals surface area contributed by atoms with E-state index in [0.29, 0.717) is 5.56 Å². The van der Waals surface area contributed by atoms with E-state index in [2.05, 4.69) is 0 Å². The molecule has 1 saturated heterocycles. The fourth-order valence-electron chi connectivity index (χ4n) is 2.25. The Morgan fingerprint density at radius 1 is 1.20 bits per heavy atom. The molecule has 1 heterocycles. The van der Waals surface area contributed by atoms with Crippen LogP contribution in [0, 0.1) is 10.1 Å². The first kappa shape index (κ1) is 19.2. The molecular formula is C14H18N2O9. The van der Waals surface area contributed by atoms with Gasteiger partial charge in [-0.2, -0.15) is 0 Å². The number of hydroxylamine groups is 1. The third-order valence-electron chi connectivity index (χ3n) is 3.65. The highest BCUT2D eigenvalue weighted by Crippen LogP contribution is 2.21. The molecule has 11 nitrogen and oxygen atoms in total. The molecule has 0 spiro atoms. The van der Waals surface area contributed by atoms with Gasteiger partial charge in [-0.3, -0.25) is 14.9 Å². The molecule has 0 saturated carbocycles. The van der Waals surface area contributed by atoms with Gasteiger partial charge in [-0.1, -0.05) is 12.1 Å². The van der Waals surface area contributed by atoms with Gasteiger partial charge in [0.25, 0.3) is 5.69 Å². The monoisotopic (exact) mass is 358 g/mol. The maximum atomic E-state index is 11.8. The SMILES string of the molecule is O=C(Cc1ccc([N+](=O)[O-])cc1)NOC1O[C@H](CO)[C@H](O)[C@H](O)[C@H]1O. The zero-order chi connectivity index (χ0) is 18.6. The lowest BCUT2D eigenvalue weighted by molar-refractivity contribution is -0.384. The molecule has 138 valence electrons. The van der Waals surface area contributed by atoms with Crippen molar-refractivity contribution in [2.75, 3.05) is 6.61 Å². The Morgan fingerprint density at radius 3 is 2.40 bits per heavy atom. The molecule has 1 amide bonds. The lowest BCUT2D eigenvalue weighted by Gasteiger charge is -2.39. The first-order valence-corrected chi connectivity index (χ1v) is 7.31. The van der Waals surface area contributed by atoms with E-state index in [1.54, 1.807) is 0 Å². The smallest absolute Gasteiger partial charge is 0.269 e. The van der Waals surface area contributed by atoms with Gasteiger partial charge in [-0.15, -0.1) is 0 Å². The highest BCUT2D eigenvalue weighted by molar-refractivity contribution is 5.77. The van der Waals surface area contributed by atoms with Gasteiger partial charge in [0.05, 0.1) is 18.0 Å². The van der Waals surface area contributed by atoms with E-state index >= 15 is 0 Å². The summed E-state index contributed by atoms with van der Waals surface area (Å²) >= 11 is 0. The maximum Gasteiger partial charge on any atom is 0.269 e. The summed E-state index contributed by atoms with van der Waals surface area (Å²) in [6, 6.07) is 5.32. The van der Waals surface area contributed by atoms with Crippen LogP contribution < -0.4 is 5.48 Å². The van der Waals surface area contributed by atoms with Crippen LogP contribution in [-0.4, -0.2) is 68.6 Å². The molecule has 1 aromatic rings. The van der Waals surface area contributed by atoms with Gasteiger partial charge in [0.1, 0.15) is 24.4 Å². The molecule has 5 atom stereocenters. The summed E-state index contributed by atoms with van der Waals surface area (Å²) in [6.07, 6.45) is -7.60. The average molecular weight is 358 g/mol. The maximum absolute atomic E-state index is 11.8. The van der Waals surface area contributed by atoms with Crippen molar-refractivity contribution in [1.29, 1.82) is 0 Å². The van der Waals surface area contributed by atoms with Gasteiger partial charge >= 0.3 is 0 Å². The summed E-state index contributed by atoms with van der Waals surface area (Å²) in [4.78, 5) is 26.7. The lowest BCUT2D eigenvalue weighted by atomic mass is 9.99. The van der Waals surface area contributed by atoms with Crippen LogP contribution in [-0.2, 0) is 20.8 Å². The number of aliphatic hydroxyl groups is 4. The van der Waals surface area contributed by atoms with Crippen molar-refractivity contribution in [3.63, 3.8) is 0 Å². The molecule has 0 aliphatic carbocycles. The molecule has 0 aromatic heterocycles. The van der Waals surface area contributed by atoms with Crippen LogP contribution >= 0.6 is 0 Å². The van der Waals surface area contributed by atoms with E-state index in [9.17, 15) is 30.2 Å². The number of hydrogen-bond acceptors (Lipinski definition) is 9. The molecule has 25 heavy (non-hydrogen) atoms. The van der Waals surface area contributed by atoms with Crippen molar-refractivity contribution >= 4 is 11.6 Å². The zero-order valence-corrected chi connectivity index (χ0v) is 12.9. The quantitative estimate of drug-likeness (QED) is 0.284. The summed E-state index contributed by atoms with van der Waals surface area (Å²) in [7, 11) is 0. The molecule has 1 aliphatic heterocycles. The van der Waals surface area contributed by atoms with Crippen LogP contribution in [0.1, 0.15) is 5.56 Å². The first-order chi connectivity index (χ1) is 11.8. The number of carbonyl (C=O) groups excluding carboxylic acids is 1. The highest BCUT2D eigenvalue weighted by Gasteiger charge is 2.44. The number of carbonyl (C=O) groups is 1.